The summed E-state index contributed by atoms with van der Waals surface area (Å²) in [4.78, 5) is 16.6. The molecule has 0 radical (unpaired) electrons. The zero-order valence-corrected chi connectivity index (χ0v) is 19.2. The molecule has 7 heteroatoms. The van der Waals surface area contributed by atoms with E-state index in [0.717, 1.165) is 36.3 Å². The highest BCUT2D eigenvalue weighted by atomic mass is 32.1. The zero-order chi connectivity index (χ0) is 22.5. The van der Waals surface area contributed by atoms with Crippen LogP contribution in [-0.4, -0.2) is 40.2 Å². The van der Waals surface area contributed by atoms with Gasteiger partial charge in [-0.15, -0.1) is 11.3 Å². The van der Waals surface area contributed by atoms with Crippen LogP contribution >= 0.6 is 11.3 Å². The molecular weight excluding hydrogens is 423 g/mol. The van der Waals surface area contributed by atoms with Crippen LogP contribution in [0.25, 0.3) is 21.5 Å². The van der Waals surface area contributed by atoms with E-state index in [0.29, 0.717) is 22.7 Å². The standard InChI is InChI=1S/C25H27FN4OS/c1-3-30(17-18-10-5-4-6-11-18)15-9-14-27-24(31)22-16-20-23(28-29(2)25(20)32-22)19-12-7-8-13-21(19)26/h4-8,10-13,16H,3,9,14-15,17H2,1-2H3,(H,27,31). The van der Waals surface area contributed by atoms with Gasteiger partial charge in [0.25, 0.3) is 5.91 Å². The number of halogens is 1. The third-order valence-electron chi connectivity index (χ3n) is 5.50. The van der Waals surface area contributed by atoms with E-state index < -0.39 is 0 Å². The summed E-state index contributed by atoms with van der Waals surface area (Å²) in [7, 11) is 1.82. The largest absolute Gasteiger partial charge is 0.351 e. The third kappa shape index (κ3) is 4.89. The molecule has 166 valence electrons. The van der Waals surface area contributed by atoms with E-state index in [4.69, 9.17) is 0 Å². The summed E-state index contributed by atoms with van der Waals surface area (Å²) >= 11 is 1.38. The second kappa shape index (κ2) is 10.1. The molecule has 2 heterocycles. The van der Waals surface area contributed by atoms with Crippen molar-refractivity contribution in [2.75, 3.05) is 19.6 Å². The Balaban J connectivity index is 1.37. The summed E-state index contributed by atoms with van der Waals surface area (Å²) in [5.41, 5.74) is 2.30. The van der Waals surface area contributed by atoms with Crippen molar-refractivity contribution >= 4 is 27.5 Å². The molecule has 2 aromatic carbocycles. The molecule has 0 spiro atoms. The Bertz CT molecular complexity index is 1200. The van der Waals surface area contributed by atoms with Crippen LogP contribution in [0.2, 0.25) is 0 Å². The number of hydrogen-bond donors (Lipinski definition) is 1. The first kappa shape index (κ1) is 22.2. The normalized spacial score (nSPS) is 11.4. The van der Waals surface area contributed by atoms with Crippen LogP contribution in [0.3, 0.4) is 0 Å². The minimum atomic E-state index is -0.319. The highest BCUT2D eigenvalue weighted by Gasteiger charge is 2.19. The number of carbonyl (C=O) groups excluding carboxylic acids is 1. The van der Waals surface area contributed by atoms with Gasteiger partial charge in [0.15, 0.2) is 0 Å². The monoisotopic (exact) mass is 450 g/mol. The van der Waals surface area contributed by atoms with Gasteiger partial charge in [0.05, 0.1) is 4.88 Å². The lowest BCUT2D eigenvalue weighted by Crippen LogP contribution is -2.29. The van der Waals surface area contributed by atoms with Gasteiger partial charge >= 0.3 is 0 Å². The van der Waals surface area contributed by atoms with E-state index in [1.165, 1.54) is 23.0 Å². The number of nitrogens with one attached hydrogen (secondary N) is 1. The lowest BCUT2D eigenvalue weighted by molar-refractivity contribution is 0.0955. The fourth-order valence-electron chi connectivity index (χ4n) is 3.79. The second-order valence-electron chi connectivity index (χ2n) is 7.75. The average Bonchev–Trinajstić information content (AvgIpc) is 3.37. The van der Waals surface area contributed by atoms with Crippen molar-refractivity contribution in [3.63, 3.8) is 0 Å². The predicted molar refractivity (Wildman–Crippen MR) is 128 cm³/mol. The summed E-state index contributed by atoms with van der Waals surface area (Å²) < 4.78 is 16.0. The van der Waals surface area contributed by atoms with Gasteiger partial charge in [-0.3, -0.25) is 14.4 Å². The maximum atomic E-state index is 14.3. The highest BCUT2D eigenvalue weighted by molar-refractivity contribution is 7.20. The van der Waals surface area contributed by atoms with Gasteiger partial charge in [0, 0.05) is 37.6 Å². The molecule has 5 nitrogen and oxygen atoms in total. The Morgan fingerprint density at radius 3 is 2.66 bits per heavy atom. The predicted octanol–water partition coefficient (Wildman–Crippen LogP) is 5.08. The number of thiophene rings is 1. The molecule has 1 N–H and O–H groups in total. The average molecular weight is 451 g/mol. The number of nitrogens with zero attached hydrogens (tertiary/aromatic N) is 3. The fourth-order valence-corrected chi connectivity index (χ4v) is 4.78. The molecule has 0 fully saturated rings. The summed E-state index contributed by atoms with van der Waals surface area (Å²) in [6.45, 7) is 5.55. The summed E-state index contributed by atoms with van der Waals surface area (Å²) in [6.07, 6.45) is 0.874. The Hall–Kier alpha value is -3.03. The molecular formula is C25H27FN4OS. The van der Waals surface area contributed by atoms with E-state index >= 15 is 0 Å². The number of aryl methyl sites for hydroxylation is 1. The molecule has 32 heavy (non-hydrogen) atoms. The van der Waals surface area contributed by atoms with Crippen LogP contribution in [0, 0.1) is 5.82 Å². The van der Waals surface area contributed by atoms with Crippen molar-refractivity contribution in [1.82, 2.24) is 20.0 Å². The summed E-state index contributed by atoms with van der Waals surface area (Å²) in [5, 5.41) is 8.29. The molecule has 0 unspecified atom stereocenters. The van der Waals surface area contributed by atoms with E-state index in [1.54, 1.807) is 22.9 Å². The molecule has 0 saturated heterocycles. The number of amides is 1. The molecule has 0 aliphatic heterocycles. The van der Waals surface area contributed by atoms with Gasteiger partial charge in [-0.2, -0.15) is 5.10 Å². The molecule has 4 aromatic rings. The van der Waals surface area contributed by atoms with Gasteiger partial charge in [-0.1, -0.05) is 49.4 Å². The van der Waals surface area contributed by atoms with Gasteiger partial charge in [-0.05, 0) is 36.7 Å². The van der Waals surface area contributed by atoms with E-state index in [-0.39, 0.29) is 11.7 Å². The first-order chi connectivity index (χ1) is 15.6. The van der Waals surface area contributed by atoms with E-state index in [1.807, 2.05) is 19.2 Å². The molecule has 4 rings (SSSR count). The van der Waals surface area contributed by atoms with Crippen molar-refractivity contribution in [3.8, 4) is 11.3 Å². The quantitative estimate of drug-likeness (QED) is 0.362. The van der Waals surface area contributed by atoms with Crippen molar-refractivity contribution in [3.05, 3.63) is 76.9 Å². The smallest absolute Gasteiger partial charge is 0.261 e. The summed E-state index contributed by atoms with van der Waals surface area (Å²) in [6, 6.07) is 18.8. The van der Waals surface area contributed by atoms with Crippen LogP contribution in [0.1, 0.15) is 28.6 Å². The van der Waals surface area contributed by atoms with Gasteiger partial charge in [0.1, 0.15) is 16.3 Å². The van der Waals surface area contributed by atoms with Crippen LogP contribution in [0.4, 0.5) is 4.39 Å². The lowest BCUT2D eigenvalue weighted by Gasteiger charge is -2.20. The molecule has 0 aliphatic rings. The first-order valence-electron chi connectivity index (χ1n) is 10.8. The topological polar surface area (TPSA) is 50.2 Å². The van der Waals surface area contributed by atoms with Crippen LogP contribution in [-0.2, 0) is 13.6 Å². The van der Waals surface area contributed by atoms with Crippen molar-refractivity contribution in [2.24, 2.45) is 7.05 Å². The molecule has 2 aromatic heterocycles. The maximum absolute atomic E-state index is 14.3. The second-order valence-corrected chi connectivity index (χ2v) is 8.78. The Labute approximate surface area is 191 Å². The lowest BCUT2D eigenvalue weighted by atomic mass is 10.1. The highest BCUT2D eigenvalue weighted by Crippen LogP contribution is 2.34. The number of hydrogen-bond acceptors (Lipinski definition) is 4. The third-order valence-corrected chi connectivity index (χ3v) is 6.70. The van der Waals surface area contributed by atoms with Gasteiger partial charge in [-0.25, -0.2) is 4.39 Å². The Morgan fingerprint density at radius 2 is 1.91 bits per heavy atom. The molecule has 0 bridgehead atoms. The van der Waals surface area contributed by atoms with Crippen LogP contribution in [0.5, 0.6) is 0 Å². The molecule has 0 aliphatic carbocycles. The molecule has 0 atom stereocenters. The molecule has 0 saturated carbocycles. The first-order valence-corrected chi connectivity index (χ1v) is 11.6. The van der Waals surface area contributed by atoms with E-state index in [9.17, 15) is 9.18 Å². The summed E-state index contributed by atoms with van der Waals surface area (Å²) in [5.74, 6) is -0.419. The number of rotatable bonds is 9. The minimum Gasteiger partial charge on any atom is -0.351 e. The minimum absolute atomic E-state index is 0.100. The number of aromatic nitrogens is 2. The zero-order valence-electron chi connectivity index (χ0n) is 18.3. The van der Waals surface area contributed by atoms with Crippen molar-refractivity contribution in [1.29, 1.82) is 0 Å². The van der Waals surface area contributed by atoms with Crippen LogP contribution < -0.4 is 5.32 Å². The van der Waals surface area contributed by atoms with Gasteiger partial charge in [0.2, 0.25) is 0 Å². The number of benzene rings is 2. The fraction of sp³-hybridized carbons (Fsp3) is 0.280. The van der Waals surface area contributed by atoms with Crippen LogP contribution in [0.15, 0.2) is 60.7 Å². The van der Waals surface area contributed by atoms with Crippen molar-refractivity contribution in [2.45, 2.75) is 19.9 Å². The molecule has 1 amide bonds. The Kier molecular flexibility index (Phi) is 6.97. The maximum Gasteiger partial charge on any atom is 0.261 e. The van der Waals surface area contributed by atoms with Gasteiger partial charge < -0.3 is 5.32 Å². The van der Waals surface area contributed by atoms with Crippen molar-refractivity contribution < 1.29 is 9.18 Å². The number of carbonyl (C=O) groups is 1. The van der Waals surface area contributed by atoms with E-state index in [2.05, 4.69) is 46.5 Å². The SMILES string of the molecule is CCN(CCCNC(=O)c1cc2c(-c3ccccc3F)nn(C)c2s1)Cc1ccccc1. The number of fused-ring (bicyclic) bond motifs is 1. The Morgan fingerprint density at radius 1 is 1.16 bits per heavy atom.